The van der Waals surface area contributed by atoms with E-state index in [4.69, 9.17) is 4.74 Å². The Morgan fingerprint density at radius 1 is 1.50 bits per heavy atom. The van der Waals surface area contributed by atoms with E-state index in [1.165, 1.54) is 13.2 Å². The summed E-state index contributed by atoms with van der Waals surface area (Å²) in [5.74, 6) is 0.303. The Morgan fingerprint density at radius 2 is 2.12 bits per heavy atom. The molecule has 1 aromatic rings. The third kappa shape index (κ3) is 4.25. The standard InChI is InChI=1S/C9H9BrFNO.CH3ClO/c10-8-2-1-6(3-9(8)11)13-7-4-12-5-7;1-3-2/h1-3,7,12H,4-5H2;1H3. The first-order chi connectivity index (χ1) is 7.67. The smallest absolute Gasteiger partial charge is 0.141 e. The van der Waals surface area contributed by atoms with Crippen molar-refractivity contribution in [2.75, 3.05) is 20.2 Å². The van der Waals surface area contributed by atoms with Crippen LogP contribution in [0.1, 0.15) is 0 Å². The molecule has 0 saturated carbocycles. The van der Waals surface area contributed by atoms with E-state index >= 15 is 0 Å². The number of hydrogen-bond acceptors (Lipinski definition) is 3. The molecule has 1 saturated heterocycles. The van der Waals surface area contributed by atoms with Gasteiger partial charge in [-0.2, -0.15) is 0 Å². The van der Waals surface area contributed by atoms with Crippen molar-refractivity contribution in [2.45, 2.75) is 6.10 Å². The molecule has 0 atom stereocenters. The first-order valence-corrected chi connectivity index (χ1v) is 5.74. The summed E-state index contributed by atoms with van der Waals surface area (Å²) in [6.07, 6.45) is 0.195. The predicted octanol–water partition coefficient (Wildman–Crippen LogP) is 2.73. The van der Waals surface area contributed by atoms with Crippen LogP contribution in [0.25, 0.3) is 0 Å². The van der Waals surface area contributed by atoms with Crippen molar-refractivity contribution < 1.29 is 13.4 Å². The summed E-state index contributed by atoms with van der Waals surface area (Å²) >= 11 is 7.58. The molecule has 3 nitrogen and oxygen atoms in total. The van der Waals surface area contributed by atoms with Gasteiger partial charge in [-0.15, -0.1) is 0 Å². The van der Waals surface area contributed by atoms with E-state index in [2.05, 4.69) is 37.4 Å². The molecule has 16 heavy (non-hydrogen) atoms. The van der Waals surface area contributed by atoms with E-state index in [0.717, 1.165) is 13.1 Å². The fourth-order valence-electron chi connectivity index (χ4n) is 1.09. The van der Waals surface area contributed by atoms with Gasteiger partial charge in [-0.05, 0) is 28.1 Å². The van der Waals surface area contributed by atoms with Gasteiger partial charge in [-0.25, -0.2) is 4.39 Å². The highest BCUT2D eigenvalue weighted by molar-refractivity contribution is 9.10. The van der Waals surface area contributed by atoms with E-state index in [9.17, 15) is 4.39 Å². The summed E-state index contributed by atoms with van der Waals surface area (Å²) < 4.78 is 22.7. The second kappa shape index (κ2) is 7.06. The minimum absolute atomic E-state index is 0.195. The van der Waals surface area contributed by atoms with Crippen LogP contribution >= 0.6 is 27.8 Å². The van der Waals surface area contributed by atoms with Gasteiger partial charge in [0.05, 0.1) is 23.4 Å². The minimum atomic E-state index is -0.287. The maximum atomic E-state index is 13.0. The molecule has 0 unspecified atom stereocenters. The van der Waals surface area contributed by atoms with Crippen molar-refractivity contribution in [1.82, 2.24) is 5.32 Å². The first kappa shape index (κ1) is 13.7. The summed E-state index contributed by atoms with van der Waals surface area (Å²) in [5, 5.41) is 3.08. The van der Waals surface area contributed by atoms with E-state index in [0.29, 0.717) is 10.2 Å². The van der Waals surface area contributed by atoms with Crippen molar-refractivity contribution >= 4 is 27.8 Å². The Morgan fingerprint density at radius 3 is 2.56 bits per heavy atom. The van der Waals surface area contributed by atoms with Crippen LogP contribution in [-0.2, 0) is 4.29 Å². The van der Waals surface area contributed by atoms with Crippen LogP contribution in [0, 0.1) is 5.82 Å². The normalized spacial score (nSPS) is 14.8. The van der Waals surface area contributed by atoms with Gasteiger partial charge in [0, 0.05) is 19.2 Å². The molecule has 0 radical (unpaired) electrons. The van der Waals surface area contributed by atoms with Crippen molar-refractivity contribution in [3.05, 3.63) is 28.5 Å². The number of halogens is 3. The number of nitrogens with one attached hydrogen (secondary N) is 1. The van der Waals surface area contributed by atoms with Gasteiger partial charge in [-0.1, -0.05) is 0 Å². The van der Waals surface area contributed by atoms with Gasteiger partial charge in [0.15, 0.2) is 0 Å². The third-order valence-corrected chi connectivity index (χ3v) is 2.58. The Kier molecular flexibility index (Phi) is 6.05. The van der Waals surface area contributed by atoms with Gasteiger partial charge < -0.3 is 10.1 Å². The largest absolute Gasteiger partial charge is 0.488 e. The number of benzene rings is 1. The molecule has 2 rings (SSSR count). The van der Waals surface area contributed by atoms with Crippen LogP contribution in [0.15, 0.2) is 22.7 Å². The average molecular weight is 313 g/mol. The third-order valence-electron chi connectivity index (χ3n) is 1.94. The van der Waals surface area contributed by atoms with Crippen LogP contribution in [0.2, 0.25) is 0 Å². The van der Waals surface area contributed by atoms with Crippen LogP contribution in [-0.4, -0.2) is 26.3 Å². The molecule has 1 aliphatic heterocycles. The minimum Gasteiger partial charge on any atom is -0.488 e. The molecule has 0 spiro atoms. The topological polar surface area (TPSA) is 30.5 Å². The lowest BCUT2D eigenvalue weighted by Crippen LogP contribution is -2.50. The molecule has 1 heterocycles. The quantitative estimate of drug-likeness (QED) is 0.911. The molecular formula is C10H12BrClFNO2. The van der Waals surface area contributed by atoms with Crippen LogP contribution in [0.5, 0.6) is 5.75 Å². The highest BCUT2D eigenvalue weighted by atomic mass is 79.9. The van der Waals surface area contributed by atoms with Gasteiger partial charge in [0.2, 0.25) is 0 Å². The molecule has 90 valence electrons. The molecule has 0 aliphatic carbocycles. The lowest BCUT2D eigenvalue weighted by atomic mass is 10.2. The zero-order chi connectivity index (χ0) is 12.0. The molecule has 6 heteroatoms. The second-order valence-electron chi connectivity index (χ2n) is 3.13. The van der Waals surface area contributed by atoms with Crippen molar-refractivity contribution in [3.8, 4) is 5.75 Å². The van der Waals surface area contributed by atoms with Crippen molar-refractivity contribution in [2.24, 2.45) is 0 Å². The Balaban J connectivity index is 0.000000386. The number of ether oxygens (including phenoxy) is 1. The maximum absolute atomic E-state index is 13.0. The lowest BCUT2D eigenvalue weighted by molar-refractivity contribution is 0.141. The van der Waals surface area contributed by atoms with E-state index in [1.807, 2.05) is 0 Å². The average Bonchev–Trinajstić information content (AvgIpc) is 2.18. The maximum Gasteiger partial charge on any atom is 0.141 e. The van der Waals surface area contributed by atoms with Gasteiger partial charge in [0.25, 0.3) is 0 Å². The van der Waals surface area contributed by atoms with Gasteiger partial charge in [0.1, 0.15) is 17.7 Å². The second-order valence-corrected chi connectivity index (χ2v) is 4.29. The molecule has 1 N–H and O–H groups in total. The fraction of sp³-hybridized carbons (Fsp3) is 0.400. The highest BCUT2D eigenvalue weighted by Gasteiger charge is 2.18. The zero-order valence-electron chi connectivity index (χ0n) is 8.67. The molecule has 1 aromatic carbocycles. The Hall–Kier alpha value is -0.360. The Bertz CT molecular complexity index is 337. The summed E-state index contributed by atoms with van der Waals surface area (Å²) in [6.45, 7) is 1.69. The summed E-state index contributed by atoms with van der Waals surface area (Å²) in [4.78, 5) is 0. The van der Waals surface area contributed by atoms with E-state index < -0.39 is 0 Å². The summed E-state index contributed by atoms with van der Waals surface area (Å²) in [5.41, 5.74) is 0. The van der Waals surface area contributed by atoms with Crippen molar-refractivity contribution in [3.63, 3.8) is 0 Å². The van der Waals surface area contributed by atoms with E-state index in [1.54, 1.807) is 12.1 Å². The molecule has 0 amide bonds. The molecule has 1 aliphatic rings. The zero-order valence-corrected chi connectivity index (χ0v) is 11.0. The first-order valence-electron chi connectivity index (χ1n) is 4.64. The molecule has 1 fully saturated rings. The Labute approximate surface area is 107 Å². The molecule has 0 aromatic heterocycles. The van der Waals surface area contributed by atoms with Crippen molar-refractivity contribution in [1.29, 1.82) is 0 Å². The summed E-state index contributed by atoms with van der Waals surface area (Å²) in [7, 11) is 1.39. The molecule has 0 bridgehead atoms. The molecular weight excluding hydrogens is 300 g/mol. The number of hydrogen-bond donors (Lipinski definition) is 1. The fourth-order valence-corrected chi connectivity index (χ4v) is 1.33. The predicted molar refractivity (Wildman–Crippen MR) is 64.2 cm³/mol. The van der Waals surface area contributed by atoms with Crippen LogP contribution in [0.4, 0.5) is 4.39 Å². The number of rotatable bonds is 2. The van der Waals surface area contributed by atoms with Crippen LogP contribution in [0.3, 0.4) is 0 Å². The monoisotopic (exact) mass is 311 g/mol. The van der Waals surface area contributed by atoms with E-state index in [-0.39, 0.29) is 11.9 Å². The lowest BCUT2D eigenvalue weighted by Gasteiger charge is -2.27. The SMILES string of the molecule is COCl.Fc1cc(OC2CNC2)ccc1Br. The van der Waals surface area contributed by atoms with Gasteiger partial charge >= 0.3 is 0 Å². The van der Waals surface area contributed by atoms with Crippen LogP contribution < -0.4 is 10.1 Å². The van der Waals surface area contributed by atoms with Gasteiger partial charge in [-0.3, -0.25) is 4.29 Å². The summed E-state index contributed by atoms with van der Waals surface area (Å²) in [6, 6.07) is 4.80. The highest BCUT2D eigenvalue weighted by Crippen LogP contribution is 2.22.